The highest BCUT2D eigenvalue weighted by atomic mass is 32.1. The van der Waals surface area contributed by atoms with E-state index in [4.69, 9.17) is 5.11 Å². The van der Waals surface area contributed by atoms with Crippen molar-refractivity contribution in [1.29, 1.82) is 0 Å². The van der Waals surface area contributed by atoms with Crippen LogP contribution in [-0.4, -0.2) is 28.8 Å². The number of carbonyl (C=O) groups excluding carboxylic acids is 1. The van der Waals surface area contributed by atoms with E-state index in [1.807, 2.05) is 0 Å². The summed E-state index contributed by atoms with van der Waals surface area (Å²) in [4.78, 5) is 23.0. The van der Waals surface area contributed by atoms with Crippen LogP contribution in [0.5, 0.6) is 0 Å². The molecule has 1 atom stereocenters. The molecule has 0 aliphatic rings. The molecule has 1 amide bonds. The van der Waals surface area contributed by atoms with Crippen molar-refractivity contribution in [1.82, 2.24) is 5.32 Å². The first-order chi connectivity index (χ1) is 13.6. The van der Waals surface area contributed by atoms with E-state index in [0.717, 1.165) is 6.42 Å². The minimum absolute atomic E-state index is 0.0795. The fourth-order valence-corrected chi connectivity index (χ4v) is 4.15. The molecule has 0 saturated heterocycles. The lowest BCUT2D eigenvalue weighted by molar-refractivity contribution is -0.141. The van der Waals surface area contributed by atoms with Crippen molar-refractivity contribution in [2.24, 2.45) is 0 Å². The van der Waals surface area contributed by atoms with Crippen LogP contribution in [0.2, 0.25) is 0 Å². The summed E-state index contributed by atoms with van der Waals surface area (Å²) in [7, 11) is 0. The molecule has 0 bridgehead atoms. The Labute approximate surface area is 168 Å². The summed E-state index contributed by atoms with van der Waals surface area (Å²) in [5.41, 5.74) is 1.21. The second-order valence-corrected chi connectivity index (χ2v) is 7.44. The lowest BCUT2D eigenvalue weighted by Gasteiger charge is -2.14. The number of aliphatic carboxylic acids is 1. The first-order valence-corrected chi connectivity index (χ1v) is 10.00. The molecule has 142 valence electrons. The number of carboxylic acids is 1. The fourth-order valence-electron chi connectivity index (χ4n) is 3.91. The van der Waals surface area contributed by atoms with Gasteiger partial charge in [-0.25, -0.2) is 4.79 Å². The second kappa shape index (κ2) is 7.68. The van der Waals surface area contributed by atoms with Crippen molar-refractivity contribution in [2.45, 2.75) is 25.3 Å². The van der Waals surface area contributed by atoms with Gasteiger partial charge in [0.1, 0.15) is 6.04 Å². The SMILES string of the molecule is O=C(CCCc1ccc2ccc3cccc4ccc1c2c34)NC(CS)C(=O)O. The third kappa shape index (κ3) is 3.38. The molecule has 1 unspecified atom stereocenters. The smallest absolute Gasteiger partial charge is 0.327 e. The van der Waals surface area contributed by atoms with Gasteiger partial charge in [-0.1, -0.05) is 54.6 Å². The number of hydrogen-bond acceptors (Lipinski definition) is 3. The van der Waals surface area contributed by atoms with Gasteiger partial charge in [0.15, 0.2) is 0 Å². The summed E-state index contributed by atoms with van der Waals surface area (Å²) < 4.78 is 0. The van der Waals surface area contributed by atoms with Crippen LogP contribution >= 0.6 is 12.6 Å². The molecule has 0 aliphatic heterocycles. The maximum Gasteiger partial charge on any atom is 0.327 e. The summed E-state index contributed by atoms with van der Waals surface area (Å²) in [6, 6.07) is 18.3. The molecule has 0 saturated carbocycles. The van der Waals surface area contributed by atoms with Crippen LogP contribution in [0.25, 0.3) is 32.3 Å². The maximum atomic E-state index is 12.0. The van der Waals surface area contributed by atoms with Crippen LogP contribution in [0.3, 0.4) is 0 Å². The minimum Gasteiger partial charge on any atom is -0.480 e. The molecule has 0 aliphatic carbocycles. The monoisotopic (exact) mass is 391 g/mol. The summed E-state index contributed by atoms with van der Waals surface area (Å²) in [5.74, 6) is -1.23. The highest BCUT2D eigenvalue weighted by Gasteiger charge is 2.17. The van der Waals surface area contributed by atoms with Gasteiger partial charge in [0, 0.05) is 12.2 Å². The molecule has 0 radical (unpaired) electrons. The van der Waals surface area contributed by atoms with E-state index in [0.29, 0.717) is 12.8 Å². The normalized spacial score (nSPS) is 12.6. The van der Waals surface area contributed by atoms with E-state index < -0.39 is 12.0 Å². The Bertz CT molecular complexity index is 1150. The third-order valence-electron chi connectivity index (χ3n) is 5.28. The Balaban J connectivity index is 1.56. The first-order valence-electron chi connectivity index (χ1n) is 9.37. The highest BCUT2D eigenvalue weighted by molar-refractivity contribution is 7.80. The topological polar surface area (TPSA) is 66.4 Å². The Morgan fingerprint density at radius 3 is 2.25 bits per heavy atom. The number of aryl methyl sites for hydroxylation is 1. The Kier molecular flexibility index (Phi) is 5.09. The summed E-state index contributed by atoms with van der Waals surface area (Å²) in [5, 5.41) is 19.0. The molecular weight excluding hydrogens is 370 g/mol. The molecule has 0 heterocycles. The number of amides is 1. The van der Waals surface area contributed by atoms with Gasteiger partial charge in [-0.2, -0.15) is 12.6 Å². The zero-order valence-electron chi connectivity index (χ0n) is 15.3. The zero-order chi connectivity index (χ0) is 19.7. The molecule has 4 aromatic rings. The average Bonchev–Trinajstić information content (AvgIpc) is 2.70. The average molecular weight is 391 g/mol. The van der Waals surface area contributed by atoms with Gasteiger partial charge < -0.3 is 10.4 Å². The van der Waals surface area contributed by atoms with Crippen molar-refractivity contribution >= 4 is 56.8 Å². The van der Waals surface area contributed by atoms with Crippen LogP contribution in [-0.2, 0) is 16.0 Å². The first kappa shape index (κ1) is 18.6. The van der Waals surface area contributed by atoms with Gasteiger partial charge in [-0.15, -0.1) is 0 Å². The van der Waals surface area contributed by atoms with Crippen LogP contribution in [0, 0.1) is 0 Å². The molecule has 4 rings (SSSR count). The number of rotatable bonds is 7. The fraction of sp³-hybridized carbons (Fsp3) is 0.217. The molecule has 0 spiro atoms. The molecule has 0 aromatic heterocycles. The zero-order valence-corrected chi connectivity index (χ0v) is 16.2. The lowest BCUT2D eigenvalue weighted by atomic mass is 9.90. The van der Waals surface area contributed by atoms with E-state index in [-0.39, 0.29) is 11.7 Å². The quantitative estimate of drug-likeness (QED) is 0.323. The molecule has 5 heteroatoms. The van der Waals surface area contributed by atoms with E-state index in [9.17, 15) is 9.59 Å². The van der Waals surface area contributed by atoms with E-state index >= 15 is 0 Å². The molecule has 4 nitrogen and oxygen atoms in total. The van der Waals surface area contributed by atoms with Gasteiger partial charge in [0.05, 0.1) is 0 Å². The minimum atomic E-state index is -1.06. The van der Waals surface area contributed by atoms with Crippen molar-refractivity contribution in [3.05, 3.63) is 60.2 Å². The van der Waals surface area contributed by atoms with Gasteiger partial charge in [0.2, 0.25) is 5.91 Å². The number of carboxylic acid groups (broad SMARTS) is 1. The van der Waals surface area contributed by atoms with Crippen molar-refractivity contribution in [3.8, 4) is 0 Å². The maximum absolute atomic E-state index is 12.0. The van der Waals surface area contributed by atoms with Crippen LogP contribution in [0.15, 0.2) is 54.6 Å². The number of nitrogens with one attached hydrogen (secondary N) is 1. The molecule has 0 fully saturated rings. The van der Waals surface area contributed by atoms with E-state index in [2.05, 4.69) is 72.5 Å². The standard InChI is InChI=1S/C23H21NO3S/c25-20(24-19(13-28)23(26)27)6-2-3-14-7-8-17-10-9-15-4-1-5-16-11-12-18(14)22(17)21(15)16/h1,4-5,7-12,19,28H,2-3,6,13H2,(H,24,25)(H,26,27). The molecule has 2 N–H and O–H groups in total. The van der Waals surface area contributed by atoms with Gasteiger partial charge in [0.25, 0.3) is 0 Å². The number of benzene rings is 4. The number of hydrogen-bond donors (Lipinski definition) is 3. The number of carbonyl (C=O) groups is 2. The van der Waals surface area contributed by atoms with Crippen LogP contribution in [0.1, 0.15) is 18.4 Å². The predicted octanol–water partition coefficient (Wildman–Crippen LogP) is 4.41. The van der Waals surface area contributed by atoms with E-state index in [1.165, 1.54) is 37.9 Å². The molecule has 28 heavy (non-hydrogen) atoms. The van der Waals surface area contributed by atoms with E-state index in [1.54, 1.807) is 0 Å². The second-order valence-electron chi connectivity index (χ2n) is 7.08. The van der Waals surface area contributed by atoms with Crippen molar-refractivity contribution < 1.29 is 14.7 Å². The van der Waals surface area contributed by atoms with Gasteiger partial charge in [-0.05, 0) is 50.7 Å². The Morgan fingerprint density at radius 2 is 1.57 bits per heavy atom. The van der Waals surface area contributed by atoms with Crippen LogP contribution < -0.4 is 5.32 Å². The third-order valence-corrected chi connectivity index (χ3v) is 5.65. The highest BCUT2D eigenvalue weighted by Crippen LogP contribution is 2.36. The van der Waals surface area contributed by atoms with Gasteiger partial charge >= 0.3 is 5.97 Å². The predicted molar refractivity (Wildman–Crippen MR) is 117 cm³/mol. The lowest BCUT2D eigenvalue weighted by Crippen LogP contribution is -2.42. The Morgan fingerprint density at radius 1 is 0.929 bits per heavy atom. The summed E-state index contributed by atoms with van der Waals surface area (Å²) in [6.07, 6.45) is 1.72. The van der Waals surface area contributed by atoms with Crippen molar-refractivity contribution in [2.75, 3.05) is 5.75 Å². The molecule has 4 aromatic carbocycles. The molecular formula is C23H21NO3S. The summed E-state index contributed by atoms with van der Waals surface area (Å²) in [6.45, 7) is 0. The van der Waals surface area contributed by atoms with Crippen molar-refractivity contribution in [3.63, 3.8) is 0 Å². The largest absolute Gasteiger partial charge is 0.480 e. The Hall–Kier alpha value is -2.79. The van der Waals surface area contributed by atoms with Crippen LogP contribution in [0.4, 0.5) is 0 Å². The summed E-state index contributed by atoms with van der Waals surface area (Å²) >= 11 is 3.97. The number of thiol groups is 1. The van der Waals surface area contributed by atoms with Gasteiger partial charge in [-0.3, -0.25) is 4.79 Å².